The maximum absolute atomic E-state index is 10.5. The van der Waals surface area contributed by atoms with Crippen LogP contribution in [0.25, 0.3) is 0 Å². The average molecular weight is 323 g/mol. The second-order valence-electron chi connectivity index (χ2n) is 4.20. The molecule has 0 bridgehead atoms. The zero-order valence-electron chi connectivity index (χ0n) is 11.0. The molecular formula is C13H11ClN4O2S. The summed E-state index contributed by atoms with van der Waals surface area (Å²) >= 11 is 11.1. The van der Waals surface area contributed by atoms with E-state index >= 15 is 0 Å². The van der Waals surface area contributed by atoms with Crippen molar-refractivity contribution in [1.29, 1.82) is 0 Å². The van der Waals surface area contributed by atoms with Crippen LogP contribution < -0.4 is 10.6 Å². The van der Waals surface area contributed by atoms with Crippen LogP contribution in [-0.4, -0.2) is 15.0 Å². The lowest BCUT2D eigenvalue weighted by Gasteiger charge is -2.12. The van der Waals surface area contributed by atoms with Gasteiger partial charge in [0.05, 0.1) is 4.92 Å². The van der Waals surface area contributed by atoms with Gasteiger partial charge in [-0.2, -0.15) is 0 Å². The van der Waals surface area contributed by atoms with Crippen LogP contribution in [0.3, 0.4) is 0 Å². The van der Waals surface area contributed by atoms with Crippen molar-refractivity contribution >= 4 is 46.1 Å². The minimum Gasteiger partial charge on any atom is -0.332 e. The SMILES string of the molecule is Cc1ccc(Cl)cc1NC(=S)Nc1ccc([N+](=O)[O-])cn1. The molecule has 0 saturated carbocycles. The highest BCUT2D eigenvalue weighted by Crippen LogP contribution is 2.20. The van der Waals surface area contributed by atoms with E-state index < -0.39 is 4.92 Å². The average Bonchev–Trinajstić information content (AvgIpc) is 2.43. The number of aryl methyl sites for hydroxylation is 1. The number of benzene rings is 1. The summed E-state index contributed by atoms with van der Waals surface area (Å²) in [5.74, 6) is 0.415. The Morgan fingerprint density at radius 2 is 2.10 bits per heavy atom. The largest absolute Gasteiger partial charge is 0.332 e. The molecule has 2 rings (SSSR count). The van der Waals surface area contributed by atoms with E-state index in [2.05, 4.69) is 15.6 Å². The van der Waals surface area contributed by atoms with Gasteiger partial charge in [0.1, 0.15) is 12.0 Å². The minimum absolute atomic E-state index is 0.0786. The fourth-order valence-corrected chi connectivity index (χ4v) is 1.95. The van der Waals surface area contributed by atoms with E-state index in [9.17, 15) is 10.1 Å². The lowest BCUT2D eigenvalue weighted by atomic mass is 10.2. The first kappa shape index (κ1) is 15.1. The van der Waals surface area contributed by atoms with Gasteiger partial charge in [0.15, 0.2) is 5.11 Å². The van der Waals surface area contributed by atoms with Gasteiger partial charge in [-0.15, -0.1) is 0 Å². The van der Waals surface area contributed by atoms with Crippen LogP contribution >= 0.6 is 23.8 Å². The second kappa shape index (κ2) is 6.47. The quantitative estimate of drug-likeness (QED) is 0.509. The predicted molar refractivity (Wildman–Crippen MR) is 86.9 cm³/mol. The van der Waals surface area contributed by atoms with E-state index in [0.29, 0.717) is 16.0 Å². The number of pyridine rings is 1. The molecule has 0 radical (unpaired) electrons. The second-order valence-corrected chi connectivity index (χ2v) is 5.04. The molecule has 0 fully saturated rings. The van der Waals surface area contributed by atoms with Crippen molar-refractivity contribution in [3.63, 3.8) is 0 Å². The van der Waals surface area contributed by atoms with Crippen molar-refractivity contribution in [2.75, 3.05) is 10.6 Å². The van der Waals surface area contributed by atoms with Crippen LogP contribution in [0.2, 0.25) is 5.02 Å². The monoisotopic (exact) mass is 322 g/mol. The van der Waals surface area contributed by atoms with Crippen molar-refractivity contribution in [3.05, 3.63) is 57.2 Å². The molecule has 108 valence electrons. The molecule has 0 atom stereocenters. The Kier molecular flexibility index (Phi) is 4.66. The summed E-state index contributed by atoms with van der Waals surface area (Å²) in [5.41, 5.74) is 1.69. The van der Waals surface area contributed by atoms with Crippen LogP contribution in [0.4, 0.5) is 17.2 Å². The van der Waals surface area contributed by atoms with Crippen molar-refractivity contribution in [2.45, 2.75) is 6.92 Å². The number of nitrogens with one attached hydrogen (secondary N) is 2. The molecule has 0 amide bonds. The number of thiocarbonyl (C=S) groups is 1. The van der Waals surface area contributed by atoms with Crippen molar-refractivity contribution in [3.8, 4) is 0 Å². The Morgan fingerprint density at radius 3 is 2.71 bits per heavy atom. The van der Waals surface area contributed by atoms with Gasteiger partial charge in [-0.05, 0) is 42.9 Å². The molecule has 0 aliphatic rings. The first-order chi connectivity index (χ1) is 9.95. The van der Waals surface area contributed by atoms with Gasteiger partial charge in [-0.3, -0.25) is 10.1 Å². The van der Waals surface area contributed by atoms with Gasteiger partial charge in [-0.25, -0.2) is 4.98 Å². The summed E-state index contributed by atoms with van der Waals surface area (Å²) in [7, 11) is 0. The number of nitro groups is 1. The van der Waals surface area contributed by atoms with Crippen LogP contribution in [0.15, 0.2) is 36.5 Å². The summed E-state index contributed by atoms with van der Waals surface area (Å²) in [6, 6.07) is 8.25. The van der Waals surface area contributed by atoms with Gasteiger partial charge < -0.3 is 10.6 Å². The molecule has 0 aliphatic carbocycles. The van der Waals surface area contributed by atoms with Gasteiger partial charge in [0.25, 0.3) is 5.69 Å². The fourth-order valence-electron chi connectivity index (χ4n) is 1.57. The number of aromatic nitrogens is 1. The Hall–Kier alpha value is -2.25. The van der Waals surface area contributed by atoms with Gasteiger partial charge in [0.2, 0.25) is 0 Å². The van der Waals surface area contributed by atoms with Crippen LogP contribution in [0.1, 0.15) is 5.56 Å². The number of halogens is 1. The minimum atomic E-state index is -0.511. The molecule has 0 unspecified atom stereocenters. The molecule has 0 spiro atoms. The maximum Gasteiger partial charge on any atom is 0.287 e. The summed E-state index contributed by atoms with van der Waals surface area (Å²) in [5, 5.41) is 17.3. The number of anilines is 2. The molecule has 21 heavy (non-hydrogen) atoms. The standard InChI is InChI=1S/C13H11ClN4O2S/c1-8-2-3-9(14)6-11(8)16-13(21)17-12-5-4-10(7-15-12)18(19)20/h2-7H,1H3,(H2,15,16,17,21). The molecular weight excluding hydrogens is 312 g/mol. The third-order valence-corrected chi connectivity index (χ3v) is 3.09. The smallest absolute Gasteiger partial charge is 0.287 e. The highest BCUT2D eigenvalue weighted by atomic mass is 35.5. The van der Waals surface area contributed by atoms with E-state index in [0.717, 1.165) is 17.4 Å². The molecule has 1 heterocycles. The molecule has 0 saturated heterocycles. The van der Waals surface area contributed by atoms with Crippen LogP contribution in [0, 0.1) is 17.0 Å². The number of nitrogens with zero attached hydrogens (tertiary/aromatic N) is 2. The first-order valence-electron chi connectivity index (χ1n) is 5.90. The molecule has 0 aliphatic heterocycles. The van der Waals surface area contributed by atoms with Gasteiger partial charge >= 0.3 is 0 Å². The molecule has 2 N–H and O–H groups in total. The number of hydrogen-bond acceptors (Lipinski definition) is 4. The summed E-state index contributed by atoms with van der Waals surface area (Å²) in [6.07, 6.45) is 1.16. The van der Waals surface area contributed by atoms with E-state index in [-0.39, 0.29) is 5.69 Å². The number of hydrogen-bond donors (Lipinski definition) is 2. The summed E-state index contributed by atoms with van der Waals surface area (Å²) < 4.78 is 0. The Balaban J connectivity index is 2.04. The van der Waals surface area contributed by atoms with Crippen LogP contribution in [0.5, 0.6) is 0 Å². The van der Waals surface area contributed by atoms with E-state index in [1.807, 2.05) is 13.0 Å². The Labute approximate surface area is 131 Å². The third kappa shape index (κ3) is 4.11. The highest BCUT2D eigenvalue weighted by molar-refractivity contribution is 7.80. The van der Waals surface area contributed by atoms with Gasteiger partial charge in [0, 0.05) is 16.8 Å². The fraction of sp³-hybridized carbons (Fsp3) is 0.0769. The molecule has 2 aromatic rings. The number of rotatable bonds is 3. The normalized spacial score (nSPS) is 10.0. The molecule has 8 heteroatoms. The molecule has 1 aromatic heterocycles. The third-order valence-electron chi connectivity index (χ3n) is 2.65. The topological polar surface area (TPSA) is 80.1 Å². The first-order valence-corrected chi connectivity index (χ1v) is 6.69. The van der Waals surface area contributed by atoms with Gasteiger partial charge in [-0.1, -0.05) is 17.7 Å². The Bertz CT molecular complexity index is 691. The van der Waals surface area contributed by atoms with Crippen molar-refractivity contribution in [1.82, 2.24) is 4.98 Å². The van der Waals surface area contributed by atoms with E-state index in [1.54, 1.807) is 12.1 Å². The summed E-state index contributed by atoms with van der Waals surface area (Å²) in [4.78, 5) is 13.9. The lowest BCUT2D eigenvalue weighted by Crippen LogP contribution is -2.20. The van der Waals surface area contributed by atoms with E-state index in [4.69, 9.17) is 23.8 Å². The maximum atomic E-state index is 10.5. The van der Waals surface area contributed by atoms with Crippen molar-refractivity contribution < 1.29 is 4.92 Å². The summed E-state index contributed by atoms with van der Waals surface area (Å²) in [6.45, 7) is 1.92. The lowest BCUT2D eigenvalue weighted by molar-refractivity contribution is -0.385. The zero-order valence-corrected chi connectivity index (χ0v) is 12.5. The predicted octanol–water partition coefficient (Wildman–Crippen LogP) is 3.76. The van der Waals surface area contributed by atoms with Crippen molar-refractivity contribution in [2.24, 2.45) is 0 Å². The Morgan fingerprint density at radius 1 is 1.33 bits per heavy atom. The van der Waals surface area contributed by atoms with E-state index in [1.165, 1.54) is 12.1 Å². The highest BCUT2D eigenvalue weighted by Gasteiger charge is 2.07. The molecule has 1 aromatic carbocycles. The zero-order chi connectivity index (χ0) is 15.4. The van der Waals surface area contributed by atoms with Crippen LogP contribution in [-0.2, 0) is 0 Å². The molecule has 6 nitrogen and oxygen atoms in total.